The number of hydrogen-bond acceptors (Lipinski definition) is 4. The second kappa shape index (κ2) is 7.03. The molecule has 1 amide bonds. The van der Waals surface area contributed by atoms with Crippen LogP contribution in [0, 0.1) is 0 Å². The summed E-state index contributed by atoms with van der Waals surface area (Å²) in [5, 5.41) is 13.4. The number of thiophene rings is 1. The molecule has 0 radical (unpaired) electrons. The van der Waals surface area contributed by atoms with Gasteiger partial charge in [-0.05, 0) is 17.9 Å². The lowest BCUT2D eigenvalue weighted by Crippen LogP contribution is -2.19. The molecule has 1 atom stereocenters. The van der Waals surface area contributed by atoms with Gasteiger partial charge in [-0.3, -0.25) is 4.79 Å². The second-order valence-electron chi connectivity index (χ2n) is 4.67. The Morgan fingerprint density at radius 1 is 1.52 bits per heavy atom. The molecule has 6 nitrogen and oxygen atoms in total. The Morgan fingerprint density at radius 2 is 2.33 bits per heavy atom. The number of nitrogens with zero attached hydrogens (tertiary/aromatic N) is 2. The van der Waals surface area contributed by atoms with E-state index in [-0.39, 0.29) is 16.8 Å². The van der Waals surface area contributed by atoms with Crippen molar-refractivity contribution in [3.05, 3.63) is 35.0 Å². The van der Waals surface area contributed by atoms with E-state index >= 15 is 0 Å². The van der Waals surface area contributed by atoms with Crippen LogP contribution in [0.5, 0.6) is 0 Å². The summed E-state index contributed by atoms with van der Waals surface area (Å²) in [4.78, 5) is 27.3. The molecule has 2 N–H and O–H groups in total. The van der Waals surface area contributed by atoms with Crippen LogP contribution in [0.15, 0.2) is 30.2 Å². The predicted octanol–water partition coefficient (Wildman–Crippen LogP) is 3.01. The Hall–Kier alpha value is -2.15. The van der Waals surface area contributed by atoms with E-state index in [0.717, 1.165) is 24.2 Å². The van der Waals surface area contributed by atoms with Gasteiger partial charge in [0.15, 0.2) is 0 Å². The zero-order valence-corrected chi connectivity index (χ0v) is 12.5. The van der Waals surface area contributed by atoms with Crippen LogP contribution >= 0.6 is 11.3 Å². The van der Waals surface area contributed by atoms with E-state index in [9.17, 15) is 9.59 Å². The summed E-state index contributed by atoms with van der Waals surface area (Å²) in [7, 11) is 0. The first-order chi connectivity index (χ1) is 10.1. The number of rotatable bonds is 7. The Bertz CT molecular complexity index is 607. The smallest absolute Gasteiger partial charge is 0.348 e. The summed E-state index contributed by atoms with van der Waals surface area (Å²) in [6, 6.07) is 1.64. The highest BCUT2D eigenvalue weighted by Gasteiger charge is 2.18. The minimum atomic E-state index is -1.03. The number of aromatic carboxylic acids is 1. The summed E-state index contributed by atoms with van der Waals surface area (Å²) in [6.45, 7) is 2.06. The van der Waals surface area contributed by atoms with Gasteiger partial charge >= 0.3 is 5.97 Å². The van der Waals surface area contributed by atoms with Crippen LogP contribution in [0.2, 0.25) is 0 Å². The number of carbonyl (C=O) groups is 2. The molecular weight excluding hydrogens is 290 g/mol. The summed E-state index contributed by atoms with van der Waals surface area (Å²) in [5.74, 6) is -1.22. The first kappa shape index (κ1) is 15.2. The minimum Gasteiger partial charge on any atom is -0.477 e. The third kappa shape index (κ3) is 3.91. The summed E-state index contributed by atoms with van der Waals surface area (Å²) >= 11 is 1.10. The lowest BCUT2D eigenvalue weighted by molar-refractivity contribution is -0.117. The van der Waals surface area contributed by atoms with E-state index in [1.165, 1.54) is 0 Å². The summed E-state index contributed by atoms with van der Waals surface area (Å²) in [6.07, 6.45) is 7.32. The zero-order valence-electron chi connectivity index (χ0n) is 11.7. The molecule has 0 saturated heterocycles. The van der Waals surface area contributed by atoms with Crippen molar-refractivity contribution in [1.82, 2.24) is 9.55 Å². The van der Waals surface area contributed by atoms with E-state index in [1.807, 2.05) is 10.8 Å². The predicted molar refractivity (Wildman–Crippen MR) is 80.7 cm³/mol. The summed E-state index contributed by atoms with van der Waals surface area (Å²) < 4.78 is 1.91. The molecule has 1 unspecified atom stereocenters. The molecule has 21 heavy (non-hydrogen) atoms. The fraction of sp³-hybridized carbons (Fsp3) is 0.357. The zero-order chi connectivity index (χ0) is 15.2. The molecule has 0 saturated carbocycles. The van der Waals surface area contributed by atoms with Gasteiger partial charge in [0.2, 0.25) is 5.91 Å². The Morgan fingerprint density at radius 3 is 2.95 bits per heavy atom. The molecular formula is C14H17N3O3S. The highest BCUT2D eigenvalue weighted by Crippen LogP contribution is 2.24. The lowest BCUT2D eigenvalue weighted by atomic mass is 10.1. The first-order valence-corrected chi connectivity index (χ1v) is 7.57. The number of anilines is 1. The van der Waals surface area contributed by atoms with Crippen molar-refractivity contribution in [3.63, 3.8) is 0 Å². The quantitative estimate of drug-likeness (QED) is 0.823. The van der Waals surface area contributed by atoms with E-state index in [4.69, 9.17) is 5.11 Å². The number of carbonyl (C=O) groups excluding carboxylic acids is 1. The number of carboxylic acids is 1. The highest BCUT2D eigenvalue weighted by atomic mass is 32.1. The number of aromatic nitrogens is 2. The number of nitrogens with one attached hydrogen (secondary N) is 1. The van der Waals surface area contributed by atoms with E-state index in [0.29, 0.717) is 12.1 Å². The maximum absolute atomic E-state index is 12.1. The van der Waals surface area contributed by atoms with Gasteiger partial charge < -0.3 is 15.0 Å². The van der Waals surface area contributed by atoms with Gasteiger partial charge in [0.1, 0.15) is 4.88 Å². The van der Waals surface area contributed by atoms with Crippen LogP contribution in [0.4, 0.5) is 5.69 Å². The van der Waals surface area contributed by atoms with Crippen LogP contribution < -0.4 is 5.32 Å². The second-order valence-corrected chi connectivity index (χ2v) is 5.59. The van der Waals surface area contributed by atoms with Crippen molar-refractivity contribution >= 4 is 28.9 Å². The molecule has 7 heteroatoms. The van der Waals surface area contributed by atoms with Gasteiger partial charge in [-0.15, -0.1) is 11.3 Å². The van der Waals surface area contributed by atoms with Crippen LogP contribution in [-0.4, -0.2) is 26.5 Å². The number of hydrogen-bond donors (Lipinski definition) is 2. The lowest BCUT2D eigenvalue weighted by Gasteiger charge is -2.17. The summed E-state index contributed by atoms with van der Waals surface area (Å²) in [5.41, 5.74) is 0.360. The maximum Gasteiger partial charge on any atom is 0.348 e. The average molecular weight is 307 g/mol. The molecule has 0 aliphatic carbocycles. The Labute approximate surface area is 126 Å². The average Bonchev–Trinajstić information content (AvgIpc) is 3.08. The fourth-order valence-corrected chi connectivity index (χ4v) is 2.85. The van der Waals surface area contributed by atoms with Crippen molar-refractivity contribution in [3.8, 4) is 0 Å². The van der Waals surface area contributed by atoms with Gasteiger partial charge in [-0.1, -0.05) is 13.3 Å². The largest absolute Gasteiger partial charge is 0.477 e. The maximum atomic E-state index is 12.1. The molecule has 0 aliphatic rings. The number of carboxylic acid groups (broad SMARTS) is 1. The normalized spacial score (nSPS) is 12.0. The molecule has 0 aliphatic heterocycles. The molecule has 0 fully saturated rings. The van der Waals surface area contributed by atoms with E-state index < -0.39 is 5.97 Å². The molecule has 0 bridgehead atoms. The van der Waals surface area contributed by atoms with Crippen LogP contribution in [-0.2, 0) is 4.79 Å². The molecule has 2 aromatic rings. The monoisotopic (exact) mass is 307 g/mol. The van der Waals surface area contributed by atoms with E-state index in [1.54, 1.807) is 24.0 Å². The van der Waals surface area contributed by atoms with Gasteiger partial charge in [0.05, 0.1) is 12.0 Å². The Kier molecular flexibility index (Phi) is 5.10. The number of imidazole rings is 1. The third-order valence-electron chi connectivity index (χ3n) is 3.12. The standard InChI is InChI=1S/C14H17N3O3S/c1-2-3-10(17-6-5-15-9-17)8-12(18)16-11-4-7-21-13(11)14(19)20/h4-7,9-10H,2-3,8H2,1H3,(H,16,18)(H,19,20). The van der Waals surface area contributed by atoms with E-state index in [2.05, 4.69) is 17.2 Å². The minimum absolute atomic E-state index is 0.0319. The van der Waals surface area contributed by atoms with Crippen molar-refractivity contribution in [1.29, 1.82) is 0 Å². The highest BCUT2D eigenvalue weighted by molar-refractivity contribution is 7.12. The SMILES string of the molecule is CCCC(CC(=O)Nc1ccsc1C(=O)O)n1ccnc1. The van der Waals surface area contributed by atoms with Crippen LogP contribution in [0.1, 0.15) is 41.9 Å². The third-order valence-corrected chi connectivity index (χ3v) is 4.03. The van der Waals surface area contributed by atoms with Crippen molar-refractivity contribution in [2.75, 3.05) is 5.32 Å². The van der Waals surface area contributed by atoms with Gasteiger partial charge in [0.25, 0.3) is 0 Å². The molecule has 2 rings (SSSR count). The van der Waals surface area contributed by atoms with Gasteiger partial charge in [-0.2, -0.15) is 0 Å². The van der Waals surface area contributed by atoms with Crippen molar-refractivity contribution in [2.45, 2.75) is 32.2 Å². The molecule has 112 valence electrons. The van der Waals surface area contributed by atoms with Crippen LogP contribution in [0.3, 0.4) is 0 Å². The van der Waals surface area contributed by atoms with Gasteiger partial charge in [-0.25, -0.2) is 9.78 Å². The molecule has 0 spiro atoms. The molecule has 0 aromatic carbocycles. The number of amides is 1. The first-order valence-electron chi connectivity index (χ1n) is 6.70. The molecule has 2 heterocycles. The Balaban J connectivity index is 2.02. The van der Waals surface area contributed by atoms with Crippen LogP contribution in [0.25, 0.3) is 0 Å². The van der Waals surface area contributed by atoms with Crippen molar-refractivity contribution < 1.29 is 14.7 Å². The fourth-order valence-electron chi connectivity index (χ4n) is 2.16. The van der Waals surface area contributed by atoms with Gasteiger partial charge in [0, 0.05) is 24.9 Å². The van der Waals surface area contributed by atoms with Crippen molar-refractivity contribution in [2.24, 2.45) is 0 Å². The topological polar surface area (TPSA) is 84.2 Å². The molecule has 2 aromatic heterocycles.